The molecule has 0 aliphatic carbocycles. The van der Waals surface area contributed by atoms with Crippen LogP contribution < -0.4 is 9.64 Å². The van der Waals surface area contributed by atoms with Crippen LogP contribution in [0, 0.1) is 19.8 Å². The molecule has 10 heteroatoms. The highest BCUT2D eigenvalue weighted by molar-refractivity contribution is 8.00. The molecule has 1 N–H and O–H groups in total. The minimum absolute atomic E-state index is 0.0413. The summed E-state index contributed by atoms with van der Waals surface area (Å²) in [7, 11) is 0. The number of carbonyl (C=O) groups is 2. The van der Waals surface area contributed by atoms with Crippen LogP contribution in [-0.2, 0) is 10.5 Å². The van der Waals surface area contributed by atoms with Gasteiger partial charge in [0.15, 0.2) is 15.9 Å². The quantitative estimate of drug-likeness (QED) is 0.111. The molecule has 4 aromatic rings. The molecule has 5 rings (SSSR count). The van der Waals surface area contributed by atoms with Crippen LogP contribution in [0.25, 0.3) is 0 Å². The van der Waals surface area contributed by atoms with E-state index in [0.717, 1.165) is 12.0 Å². The van der Waals surface area contributed by atoms with E-state index >= 15 is 0 Å². The standard InChI is InChI=1S/C31H31N3O5S2/c1-18(2)14-15-38-23-7-5-6-22(16-23)26-25(27(35)24-13-10-20(4)39-24)28(36)29(37)34(26)30-32-33-31(41-30)40-17-21-11-8-19(3)9-12-21/h5-13,16,18,26,36H,14-15,17H2,1-4H3. The van der Waals surface area contributed by atoms with E-state index in [0.29, 0.717) is 39.7 Å². The molecule has 2 aromatic carbocycles. The molecular weight excluding hydrogens is 558 g/mol. The van der Waals surface area contributed by atoms with E-state index in [1.807, 2.05) is 13.0 Å². The minimum atomic E-state index is -0.947. The van der Waals surface area contributed by atoms with Gasteiger partial charge in [-0.05, 0) is 61.6 Å². The van der Waals surface area contributed by atoms with E-state index in [4.69, 9.17) is 9.15 Å². The molecule has 3 heterocycles. The first-order valence-electron chi connectivity index (χ1n) is 13.3. The van der Waals surface area contributed by atoms with Crippen LogP contribution in [0.5, 0.6) is 5.75 Å². The van der Waals surface area contributed by atoms with E-state index in [-0.39, 0.29) is 16.5 Å². The lowest BCUT2D eigenvalue weighted by Gasteiger charge is -2.24. The molecule has 1 unspecified atom stereocenters. The van der Waals surface area contributed by atoms with Gasteiger partial charge in [0, 0.05) is 5.75 Å². The fourth-order valence-electron chi connectivity index (χ4n) is 4.41. The van der Waals surface area contributed by atoms with Crippen molar-refractivity contribution in [3.05, 3.63) is 100 Å². The average molecular weight is 590 g/mol. The first-order chi connectivity index (χ1) is 19.7. The van der Waals surface area contributed by atoms with Crippen molar-refractivity contribution in [1.82, 2.24) is 10.2 Å². The number of amides is 1. The largest absolute Gasteiger partial charge is 0.503 e. The maximum Gasteiger partial charge on any atom is 0.296 e. The summed E-state index contributed by atoms with van der Waals surface area (Å²) in [5.74, 6) is 0.439. The number of ketones is 1. The number of anilines is 1. The maximum absolute atomic E-state index is 13.6. The number of carbonyl (C=O) groups excluding carboxylic acids is 2. The Labute approximate surface area is 247 Å². The van der Waals surface area contributed by atoms with Crippen molar-refractivity contribution >= 4 is 39.9 Å². The molecule has 0 bridgehead atoms. The molecule has 0 radical (unpaired) electrons. The number of aromatic nitrogens is 2. The van der Waals surface area contributed by atoms with Crippen LogP contribution in [0.15, 0.2) is 80.8 Å². The number of Topliss-reactive ketones (excluding diaryl/α,β-unsaturated/α-hetero) is 1. The van der Waals surface area contributed by atoms with Crippen molar-refractivity contribution in [2.75, 3.05) is 11.5 Å². The number of aryl methyl sites for hydroxylation is 2. The number of nitrogens with zero attached hydrogens (tertiary/aromatic N) is 3. The zero-order valence-electron chi connectivity index (χ0n) is 23.3. The van der Waals surface area contributed by atoms with Crippen molar-refractivity contribution < 1.29 is 23.8 Å². The van der Waals surface area contributed by atoms with Gasteiger partial charge >= 0.3 is 0 Å². The Hall–Kier alpha value is -3.89. The summed E-state index contributed by atoms with van der Waals surface area (Å²) in [6.45, 7) is 8.55. The molecule has 2 aromatic heterocycles. The number of furan rings is 1. The lowest BCUT2D eigenvalue weighted by molar-refractivity contribution is -0.117. The Bertz CT molecular complexity index is 1590. The van der Waals surface area contributed by atoms with E-state index in [1.165, 1.54) is 33.6 Å². The number of benzene rings is 2. The molecule has 1 amide bonds. The molecule has 0 saturated heterocycles. The molecule has 1 atom stereocenters. The summed E-state index contributed by atoms with van der Waals surface area (Å²) < 4.78 is 12.2. The number of ether oxygens (including phenoxy) is 1. The molecule has 41 heavy (non-hydrogen) atoms. The van der Waals surface area contributed by atoms with Gasteiger partial charge in [-0.1, -0.05) is 78.9 Å². The Morgan fingerprint density at radius 1 is 1.12 bits per heavy atom. The van der Waals surface area contributed by atoms with E-state index < -0.39 is 23.5 Å². The number of hydrogen-bond donors (Lipinski definition) is 1. The minimum Gasteiger partial charge on any atom is -0.503 e. The number of aliphatic hydroxyl groups excluding tert-OH is 1. The zero-order chi connectivity index (χ0) is 29.1. The van der Waals surface area contributed by atoms with Gasteiger partial charge in [-0.25, -0.2) is 0 Å². The molecule has 1 aliphatic heterocycles. The van der Waals surface area contributed by atoms with Gasteiger partial charge in [0.2, 0.25) is 10.9 Å². The Morgan fingerprint density at radius 2 is 1.90 bits per heavy atom. The summed E-state index contributed by atoms with van der Waals surface area (Å²) in [6, 6.07) is 17.7. The molecule has 0 saturated carbocycles. The summed E-state index contributed by atoms with van der Waals surface area (Å²) in [6.07, 6.45) is 0.883. The lowest BCUT2D eigenvalue weighted by Crippen LogP contribution is -2.31. The van der Waals surface area contributed by atoms with Crippen molar-refractivity contribution in [2.45, 2.75) is 50.3 Å². The summed E-state index contributed by atoms with van der Waals surface area (Å²) in [5, 5.41) is 19.9. The lowest BCUT2D eigenvalue weighted by atomic mass is 9.95. The van der Waals surface area contributed by atoms with Crippen LogP contribution in [-0.4, -0.2) is 33.6 Å². The van der Waals surface area contributed by atoms with Gasteiger partial charge in [-0.2, -0.15) is 0 Å². The maximum atomic E-state index is 13.6. The van der Waals surface area contributed by atoms with Crippen LogP contribution in [0.2, 0.25) is 0 Å². The summed E-state index contributed by atoms with van der Waals surface area (Å²) >= 11 is 2.74. The normalized spacial score (nSPS) is 15.3. The molecule has 212 valence electrons. The molecule has 0 fully saturated rings. The van der Waals surface area contributed by atoms with Gasteiger partial charge in [0.25, 0.3) is 5.91 Å². The second-order valence-corrected chi connectivity index (χ2v) is 12.5. The smallest absolute Gasteiger partial charge is 0.296 e. The monoisotopic (exact) mass is 589 g/mol. The molecule has 8 nitrogen and oxygen atoms in total. The molecular formula is C31H31N3O5S2. The van der Waals surface area contributed by atoms with E-state index in [1.54, 1.807) is 37.3 Å². The third kappa shape index (κ3) is 6.39. The average Bonchev–Trinajstić information content (AvgIpc) is 3.66. The molecule has 0 spiro atoms. The predicted molar refractivity (Wildman–Crippen MR) is 160 cm³/mol. The van der Waals surface area contributed by atoms with Gasteiger partial charge in [0.1, 0.15) is 11.5 Å². The summed E-state index contributed by atoms with van der Waals surface area (Å²) in [4.78, 5) is 28.5. The van der Waals surface area contributed by atoms with Crippen molar-refractivity contribution in [1.29, 1.82) is 0 Å². The van der Waals surface area contributed by atoms with Gasteiger partial charge in [-0.15, -0.1) is 10.2 Å². The second-order valence-electron chi connectivity index (χ2n) is 10.3. The van der Waals surface area contributed by atoms with Crippen LogP contribution >= 0.6 is 23.1 Å². The third-order valence-corrected chi connectivity index (χ3v) is 8.77. The number of hydrogen-bond acceptors (Lipinski definition) is 9. The van der Waals surface area contributed by atoms with Crippen LogP contribution in [0.3, 0.4) is 0 Å². The van der Waals surface area contributed by atoms with Gasteiger partial charge in [0.05, 0.1) is 18.2 Å². The first-order valence-corrected chi connectivity index (χ1v) is 15.1. The molecule has 1 aliphatic rings. The van der Waals surface area contributed by atoms with Crippen LogP contribution in [0.4, 0.5) is 5.13 Å². The van der Waals surface area contributed by atoms with E-state index in [9.17, 15) is 14.7 Å². The number of aliphatic hydroxyl groups is 1. The zero-order valence-corrected chi connectivity index (χ0v) is 24.9. The Kier molecular flexibility index (Phi) is 8.60. The van der Waals surface area contributed by atoms with Crippen LogP contribution in [0.1, 0.15) is 59.3 Å². The summed E-state index contributed by atoms with van der Waals surface area (Å²) in [5.41, 5.74) is 2.85. The van der Waals surface area contributed by atoms with Gasteiger partial charge < -0.3 is 14.3 Å². The second kappa shape index (κ2) is 12.3. The fraction of sp³-hybridized carbons (Fsp3) is 0.290. The van der Waals surface area contributed by atoms with Crippen molar-refractivity contribution in [2.24, 2.45) is 5.92 Å². The number of thioether (sulfide) groups is 1. The Balaban J connectivity index is 1.48. The first kappa shape index (κ1) is 28.6. The van der Waals surface area contributed by atoms with Crippen molar-refractivity contribution in [3.8, 4) is 5.75 Å². The van der Waals surface area contributed by atoms with Crippen molar-refractivity contribution in [3.63, 3.8) is 0 Å². The highest BCUT2D eigenvalue weighted by atomic mass is 32.2. The van der Waals surface area contributed by atoms with Gasteiger partial charge in [-0.3, -0.25) is 14.5 Å². The third-order valence-electron chi connectivity index (χ3n) is 6.64. The fourth-order valence-corrected chi connectivity index (χ4v) is 6.24. The topological polar surface area (TPSA) is 106 Å². The highest BCUT2D eigenvalue weighted by Gasteiger charge is 2.46. The van der Waals surface area contributed by atoms with E-state index in [2.05, 4.69) is 48.3 Å². The highest BCUT2D eigenvalue weighted by Crippen LogP contribution is 2.44. The SMILES string of the molecule is Cc1ccc(CSc2nnc(N3C(=O)C(O)=C(C(=O)c4ccc(C)o4)C3c3cccc(OCCC(C)C)c3)s2)cc1. The number of rotatable bonds is 11. The Morgan fingerprint density at radius 3 is 2.61 bits per heavy atom. The predicted octanol–water partition coefficient (Wildman–Crippen LogP) is 7.25.